The van der Waals surface area contributed by atoms with E-state index >= 15 is 0 Å². The van der Waals surface area contributed by atoms with E-state index in [1.165, 1.54) is 0 Å². The lowest BCUT2D eigenvalue weighted by molar-refractivity contribution is 0.0242. The van der Waals surface area contributed by atoms with Crippen molar-refractivity contribution >= 4 is 12.2 Å². The molecule has 0 saturated carbocycles. The zero-order valence-electron chi connectivity index (χ0n) is 18.6. The van der Waals surface area contributed by atoms with Crippen molar-refractivity contribution in [1.82, 2.24) is 15.5 Å². The van der Waals surface area contributed by atoms with Crippen molar-refractivity contribution in [3.63, 3.8) is 0 Å². The highest BCUT2D eigenvalue weighted by molar-refractivity contribution is 5.68. The van der Waals surface area contributed by atoms with E-state index < -0.39 is 17.3 Å². The highest BCUT2D eigenvalue weighted by Crippen LogP contribution is 2.11. The Bertz CT molecular complexity index is 444. The third-order valence-corrected chi connectivity index (χ3v) is 3.47. The molecule has 0 aliphatic rings. The summed E-state index contributed by atoms with van der Waals surface area (Å²) >= 11 is 0. The van der Waals surface area contributed by atoms with Gasteiger partial charge in [-0.3, -0.25) is 0 Å². The molecule has 0 aliphatic heterocycles. The summed E-state index contributed by atoms with van der Waals surface area (Å²) in [5.74, 6) is 0. The van der Waals surface area contributed by atoms with Gasteiger partial charge in [-0.2, -0.15) is 0 Å². The Morgan fingerprint density at radius 3 is 1.96 bits per heavy atom. The van der Waals surface area contributed by atoms with Gasteiger partial charge in [0.05, 0.1) is 0 Å². The number of carbonyl (C=O) groups is 2. The van der Waals surface area contributed by atoms with Crippen LogP contribution in [0.5, 0.6) is 0 Å². The summed E-state index contributed by atoms with van der Waals surface area (Å²) in [5, 5.41) is 15.0. The third-order valence-electron chi connectivity index (χ3n) is 3.47. The van der Waals surface area contributed by atoms with Crippen LogP contribution in [0.3, 0.4) is 0 Å². The minimum Gasteiger partial charge on any atom is -0.444 e. The predicted octanol–water partition coefficient (Wildman–Crippen LogP) is 2.89. The molecule has 3 N–H and O–H groups in total. The normalized spacial score (nSPS) is 11.8. The van der Waals surface area contributed by atoms with Crippen LogP contribution in [-0.4, -0.2) is 72.7 Å². The highest BCUT2D eigenvalue weighted by Gasteiger charge is 2.21. The molecule has 0 rings (SSSR count). The van der Waals surface area contributed by atoms with Crippen molar-refractivity contribution in [3.8, 4) is 0 Å². The molecular weight excluding hydrogens is 362 g/mol. The molecule has 0 bridgehead atoms. The molecule has 0 aliphatic carbocycles. The van der Waals surface area contributed by atoms with Crippen LogP contribution in [0.1, 0.15) is 67.2 Å². The van der Waals surface area contributed by atoms with Crippen molar-refractivity contribution in [3.05, 3.63) is 0 Å². The largest absolute Gasteiger partial charge is 0.444 e. The van der Waals surface area contributed by atoms with Crippen LogP contribution in [0.4, 0.5) is 9.59 Å². The fourth-order valence-corrected chi connectivity index (χ4v) is 2.27. The summed E-state index contributed by atoms with van der Waals surface area (Å²) in [6.07, 6.45) is 2.31. The SMILES string of the molecule is CC(C)(C)OC(=O)NCCCNCCCN(CCCCO)C(=O)OC(C)(C)C. The molecule has 0 unspecified atom stereocenters. The lowest BCUT2D eigenvalue weighted by Gasteiger charge is -2.27. The second kappa shape index (κ2) is 13.6. The number of nitrogens with zero attached hydrogens (tertiary/aromatic N) is 1. The van der Waals surface area contributed by atoms with Crippen molar-refractivity contribution in [2.24, 2.45) is 0 Å². The van der Waals surface area contributed by atoms with E-state index in [9.17, 15) is 9.59 Å². The summed E-state index contributed by atoms with van der Waals surface area (Å²) in [6.45, 7) is 14.4. The second-order valence-corrected chi connectivity index (χ2v) is 8.78. The molecule has 0 atom stereocenters. The molecule has 0 spiro atoms. The minimum absolute atomic E-state index is 0.126. The molecule has 2 amide bonds. The van der Waals surface area contributed by atoms with Gasteiger partial charge >= 0.3 is 12.2 Å². The molecule has 0 saturated heterocycles. The Labute approximate surface area is 170 Å². The highest BCUT2D eigenvalue weighted by atomic mass is 16.6. The molecule has 0 aromatic rings. The summed E-state index contributed by atoms with van der Waals surface area (Å²) in [5.41, 5.74) is -1.01. The first-order valence-corrected chi connectivity index (χ1v) is 10.2. The maximum absolute atomic E-state index is 12.3. The number of nitrogens with one attached hydrogen (secondary N) is 2. The average Bonchev–Trinajstić information content (AvgIpc) is 2.52. The van der Waals surface area contributed by atoms with Crippen LogP contribution >= 0.6 is 0 Å². The Balaban J connectivity index is 3.97. The van der Waals surface area contributed by atoms with E-state index in [1.54, 1.807) is 4.90 Å². The number of amides is 2. The Hall–Kier alpha value is -1.54. The first kappa shape index (κ1) is 26.5. The van der Waals surface area contributed by atoms with Gasteiger partial charge < -0.3 is 30.1 Å². The van der Waals surface area contributed by atoms with Crippen LogP contribution in [0, 0.1) is 0 Å². The minimum atomic E-state index is -0.522. The van der Waals surface area contributed by atoms with Crippen LogP contribution in [0.2, 0.25) is 0 Å². The van der Waals surface area contributed by atoms with Crippen LogP contribution in [-0.2, 0) is 9.47 Å². The van der Waals surface area contributed by atoms with Gasteiger partial charge in [0.1, 0.15) is 11.2 Å². The quantitative estimate of drug-likeness (QED) is 0.433. The number of unbranched alkanes of at least 4 members (excludes halogenated alkanes) is 1. The van der Waals surface area contributed by atoms with Crippen molar-refractivity contribution < 1.29 is 24.2 Å². The topological polar surface area (TPSA) is 100 Å². The summed E-state index contributed by atoms with van der Waals surface area (Å²) in [6, 6.07) is 0. The van der Waals surface area contributed by atoms with Gasteiger partial charge in [0, 0.05) is 26.2 Å². The molecular formula is C20H41N3O5. The number of aliphatic hydroxyl groups is 1. The summed E-state index contributed by atoms with van der Waals surface area (Å²) in [4.78, 5) is 25.5. The number of rotatable bonds is 12. The van der Waals surface area contributed by atoms with Crippen LogP contribution < -0.4 is 10.6 Å². The first-order chi connectivity index (χ1) is 12.9. The second-order valence-electron chi connectivity index (χ2n) is 8.78. The third kappa shape index (κ3) is 16.6. The molecule has 0 heterocycles. The lowest BCUT2D eigenvalue weighted by Crippen LogP contribution is -2.39. The summed E-state index contributed by atoms with van der Waals surface area (Å²) < 4.78 is 10.6. The Morgan fingerprint density at radius 2 is 1.39 bits per heavy atom. The fourth-order valence-electron chi connectivity index (χ4n) is 2.27. The van der Waals surface area contributed by atoms with Gasteiger partial charge in [-0.1, -0.05) is 0 Å². The van der Waals surface area contributed by atoms with Crippen LogP contribution in [0.15, 0.2) is 0 Å². The molecule has 8 nitrogen and oxygen atoms in total. The molecule has 8 heteroatoms. The van der Waals surface area contributed by atoms with Crippen LogP contribution in [0.25, 0.3) is 0 Å². The number of alkyl carbamates (subject to hydrolysis) is 1. The average molecular weight is 404 g/mol. The van der Waals surface area contributed by atoms with Crippen molar-refractivity contribution in [2.75, 3.05) is 39.3 Å². The molecule has 0 radical (unpaired) electrons. The van der Waals surface area contributed by atoms with Crippen molar-refractivity contribution in [2.45, 2.75) is 78.4 Å². The number of carbonyl (C=O) groups excluding carboxylic acids is 2. The van der Waals surface area contributed by atoms with E-state index in [2.05, 4.69) is 10.6 Å². The van der Waals surface area contributed by atoms with E-state index in [-0.39, 0.29) is 12.7 Å². The molecule has 28 heavy (non-hydrogen) atoms. The number of hydrogen-bond donors (Lipinski definition) is 3. The van der Waals surface area contributed by atoms with Gasteiger partial charge in [-0.15, -0.1) is 0 Å². The monoisotopic (exact) mass is 403 g/mol. The zero-order chi connectivity index (χ0) is 21.6. The Kier molecular flexibility index (Phi) is 12.9. The van der Waals surface area contributed by atoms with Gasteiger partial charge in [-0.05, 0) is 80.3 Å². The predicted molar refractivity (Wildman–Crippen MR) is 110 cm³/mol. The first-order valence-electron chi connectivity index (χ1n) is 10.2. The van der Waals surface area contributed by atoms with E-state index in [1.807, 2.05) is 41.5 Å². The Morgan fingerprint density at radius 1 is 0.821 bits per heavy atom. The fraction of sp³-hybridized carbons (Fsp3) is 0.900. The number of aliphatic hydroxyl groups excluding tert-OH is 1. The number of hydrogen-bond acceptors (Lipinski definition) is 6. The zero-order valence-corrected chi connectivity index (χ0v) is 18.6. The molecule has 0 fully saturated rings. The van der Waals surface area contributed by atoms with E-state index in [0.29, 0.717) is 26.1 Å². The van der Waals surface area contributed by atoms with Crippen molar-refractivity contribution in [1.29, 1.82) is 0 Å². The maximum atomic E-state index is 12.3. The van der Waals surface area contributed by atoms with Gasteiger partial charge in [0.25, 0.3) is 0 Å². The molecule has 0 aromatic heterocycles. The smallest absolute Gasteiger partial charge is 0.410 e. The van der Waals surface area contributed by atoms with Gasteiger partial charge in [0.2, 0.25) is 0 Å². The number of ether oxygens (including phenoxy) is 2. The lowest BCUT2D eigenvalue weighted by atomic mass is 10.2. The van der Waals surface area contributed by atoms with E-state index in [4.69, 9.17) is 14.6 Å². The van der Waals surface area contributed by atoms with E-state index in [0.717, 1.165) is 32.4 Å². The maximum Gasteiger partial charge on any atom is 0.410 e. The molecule has 0 aromatic carbocycles. The summed E-state index contributed by atoms with van der Waals surface area (Å²) in [7, 11) is 0. The van der Waals surface area contributed by atoms with Gasteiger partial charge in [0.15, 0.2) is 0 Å². The standard InChI is InChI=1S/C20H41N3O5/c1-19(2,3)27-17(25)22-13-9-11-21-12-10-15-23(14-7-8-16-24)18(26)28-20(4,5)6/h21,24H,7-16H2,1-6H3,(H,22,25). The molecule has 166 valence electrons. The van der Waals surface area contributed by atoms with Gasteiger partial charge in [-0.25, -0.2) is 9.59 Å².